The van der Waals surface area contributed by atoms with Crippen LogP contribution in [0.15, 0.2) is 35.3 Å². The van der Waals surface area contributed by atoms with E-state index >= 15 is 4.39 Å². The van der Waals surface area contributed by atoms with Crippen LogP contribution in [0.1, 0.15) is 62.0 Å². The summed E-state index contributed by atoms with van der Waals surface area (Å²) in [4.78, 5) is 43.1. The predicted molar refractivity (Wildman–Crippen MR) is 170 cm³/mol. The Bertz CT molecular complexity index is 1630. The monoisotopic (exact) mass is 646 g/mol. The minimum absolute atomic E-state index is 0.0128. The molecule has 9 nitrogen and oxygen atoms in total. The predicted octanol–water partition coefficient (Wildman–Crippen LogP) is 5.57. The van der Waals surface area contributed by atoms with Gasteiger partial charge in [-0.2, -0.15) is 0 Å². The van der Waals surface area contributed by atoms with Gasteiger partial charge >= 0.3 is 5.97 Å². The molecule has 2 heterocycles. The van der Waals surface area contributed by atoms with Gasteiger partial charge in [0.05, 0.1) is 31.0 Å². The normalized spacial score (nSPS) is 18.8. The van der Waals surface area contributed by atoms with Crippen LogP contribution in [0.25, 0.3) is 10.9 Å². The second-order valence-electron chi connectivity index (χ2n) is 11.5. The van der Waals surface area contributed by atoms with E-state index in [-0.39, 0.29) is 59.4 Å². The fourth-order valence-corrected chi connectivity index (χ4v) is 6.58. The number of nitrogens with one attached hydrogen (secondary N) is 1. The molecule has 236 valence electrons. The first-order valence-electron chi connectivity index (χ1n) is 14.9. The van der Waals surface area contributed by atoms with Gasteiger partial charge in [-0.25, -0.2) is 4.39 Å². The largest absolute Gasteiger partial charge is 0.492 e. The smallest absolute Gasteiger partial charge is 0.307 e. The zero-order valence-electron chi connectivity index (χ0n) is 25.3. The molecule has 1 amide bonds. The minimum atomic E-state index is -0.598. The van der Waals surface area contributed by atoms with Crippen molar-refractivity contribution in [3.63, 3.8) is 0 Å². The number of halogens is 3. The highest BCUT2D eigenvalue weighted by Crippen LogP contribution is 2.44. The van der Waals surface area contributed by atoms with Crippen LogP contribution in [-0.4, -0.2) is 66.8 Å². The standard InChI is InChI=1S/C32H37Cl2FN4O5/c1-5-44-27(40)10-11-38-18(2)15-37(16-19(38)3)29-26(35)13-23-28(31(29)43-4)39(22-8-9-22)17-24(30(23)41)32(42)36-14-20-6-7-21(33)12-25(20)34/h6-7,12-13,17-19,22H,5,8-11,14-16H2,1-4H3,(H,36,42)/t18-,19+. The summed E-state index contributed by atoms with van der Waals surface area (Å²) >= 11 is 12.2. The van der Waals surface area contributed by atoms with Crippen LogP contribution in [0.5, 0.6) is 5.75 Å². The van der Waals surface area contributed by atoms with Crippen LogP contribution in [0, 0.1) is 5.82 Å². The lowest BCUT2D eigenvalue weighted by atomic mass is 10.0. The van der Waals surface area contributed by atoms with E-state index in [9.17, 15) is 14.4 Å². The Labute approximate surface area is 265 Å². The summed E-state index contributed by atoms with van der Waals surface area (Å²) in [5.41, 5.74) is 0.743. The summed E-state index contributed by atoms with van der Waals surface area (Å²) in [6.07, 6.45) is 3.57. The van der Waals surface area contributed by atoms with Crippen molar-refractivity contribution < 1.29 is 23.5 Å². The molecule has 44 heavy (non-hydrogen) atoms. The average molecular weight is 648 g/mol. The van der Waals surface area contributed by atoms with Crippen LogP contribution in [0.4, 0.5) is 10.1 Å². The van der Waals surface area contributed by atoms with Crippen LogP contribution < -0.4 is 20.4 Å². The summed E-state index contributed by atoms with van der Waals surface area (Å²) in [6.45, 7) is 7.83. The van der Waals surface area contributed by atoms with Gasteiger partial charge in [0.1, 0.15) is 11.3 Å². The summed E-state index contributed by atoms with van der Waals surface area (Å²) in [5.74, 6) is -1.15. The van der Waals surface area contributed by atoms with Crippen LogP contribution >= 0.6 is 23.2 Å². The van der Waals surface area contributed by atoms with E-state index in [1.54, 1.807) is 31.3 Å². The zero-order chi connectivity index (χ0) is 31.7. The Morgan fingerprint density at radius 1 is 1.11 bits per heavy atom. The highest BCUT2D eigenvalue weighted by Gasteiger charge is 2.35. The number of hydrogen-bond donors (Lipinski definition) is 1. The van der Waals surface area contributed by atoms with E-state index in [4.69, 9.17) is 32.7 Å². The fraction of sp³-hybridized carbons (Fsp3) is 0.469. The molecular formula is C32H37Cl2FN4O5. The molecule has 0 bridgehead atoms. The summed E-state index contributed by atoms with van der Waals surface area (Å²) < 4.78 is 28.9. The third-order valence-corrected chi connectivity index (χ3v) is 8.93. The first-order chi connectivity index (χ1) is 21.0. The van der Waals surface area contributed by atoms with Crippen molar-refractivity contribution >= 4 is 51.7 Å². The van der Waals surface area contributed by atoms with Gasteiger partial charge < -0.3 is 24.3 Å². The lowest BCUT2D eigenvalue weighted by Crippen LogP contribution is -2.57. The van der Waals surface area contributed by atoms with Crippen molar-refractivity contribution in [1.82, 2.24) is 14.8 Å². The number of carbonyl (C=O) groups excluding carboxylic acids is 2. The lowest BCUT2D eigenvalue weighted by molar-refractivity contribution is -0.143. The first-order valence-corrected chi connectivity index (χ1v) is 15.6. The van der Waals surface area contributed by atoms with Crippen LogP contribution in [0.2, 0.25) is 10.0 Å². The number of amides is 1. The SMILES string of the molecule is CCOC(=O)CCN1[C@H](C)CN(c2c(F)cc3c(=O)c(C(=O)NCc4ccc(Cl)cc4Cl)cn(C4CC4)c3c2OC)C[C@@H]1C. The average Bonchev–Trinajstić information content (AvgIpc) is 3.81. The van der Waals surface area contributed by atoms with E-state index < -0.39 is 17.2 Å². The van der Waals surface area contributed by atoms with Crippen LogP contribution in [-0.2, 0) is 16.1 Å². The molecule has 1 aromatic heterocycles. The highest BCUT2D eigenvalue weighted by atomic mass is 35.5. The molecule has 1 saturated carbocycles. The number of ether oxygens (including phenoxy) is 2. The number of esters is 1. The van der Waals surface area contributed by atoms with Gasteiger partial charge in [0.2, 0.25) is 5.43 Å². The van der Waals surface area contributed by atoms with E-state index in [2.05, 4.69) is 10.2 Å². The number of aromatic nitrogens is 1. The van der Waals surface area contributed by atoms with Gasteiger partial charge in [-0.05, 0) is 57.4 Å². The molecule has 5 rings (SSSR count). The molecule has 2 aliphatic rings. The number of methoxy groups -OCH3 is 1. The molecule has 1 saturated heterocycles. The molecule has 0 unspecified atom stereocenters. The Kier molecular flexibility index (Phi) is 9.72. The van der Waals surface area contributed by atoms with Crippen molar-refractivity contribution in [3.8, 4) is 5.75 Å². The summed E-state index contributed by atoms with van der Waals surface area (Å²) in [5, 5.41) is 3.72. The maximum Gasteiger partial charge on any atom is 0.307 e. The molecule has 3 aromatic rings. The van der Waals surface area contributed by atoms with Crippen molar-refractivity contribution in [2.24, 2.45) is 0 Å². The topological polar surface area (TPSA) is 93.1 Å². The highest BCUT2D eigenvalue weighted by molar-refractivity contribution is 6.35. The molecule has 0 radical (unpaired) electrons. The Morgan fingerprint density at radius 2 is 1.82 bits per heavy atom. The molecule has 1 aliphatic heterocycles. The number of nitrogens with zero attached hydrogens (tertiary/aromatic N) is 3. The van der Waals surface area contributed by atoms with Gasteiger partial charge in [0.15, 0.2) is 11.6 Å². The van der Waals surface area contributed by atoms with Crippen molar-refractivity contribution in [2.45, 2.75) is 64.7 Å². The van der Waals surface area contributed by atoms with Crippen molar-refractivity contribution in [2.75, 3.05) is 38.3 Å². The van der Waals surface area contributed by atoms with Crippen LogP contribution in [0.3, 0.4) is 0 Å². The molecule has 12 heteroatoms. The van der Waals surface area contributed by atoms with Crippen molar-refractivity contribution in [1.29, 1.82) is 0 Å². The maximum absolute atomic E-state index is 16.1. The number of carbonyl (C=O) groups is 2. The number of fused-ring (bicyclic) bond motifs is 1. The van der Waals surface area contributed by atoms with E-state index in [1.807, 2.05) is 23.3 Å². The fourth-order valence-electron chi connectivity index (χ4n) is 6.10. The van der Waals surface area contributed by atoms with Gasteiger partial charge in [-0.1, -0.05) is 29.3 Å². The summed E-state index contributed by atoms with van der Waals surface area (Å²) in [7, 11) is 1.47. The van der Waals surface area contributed by atoms with E-state index in [1.165, 1.54) is 13.2 Å². The van der Waals surface area contributed by atoms with E-state index in [0.717, 1.165) is 12.8 Å². The van der Waals surface area contributed by atoms with Gasteiger partial charge in [-0.15, -0.1) is 0 Å². The van der Waals surface area contributed by atoms with Gasteiger partial charge in [0, 0.05) is 60.5 Å². The Hall–Kier alpha value is -3.34. The Balaban J connectivity index is 1.47. The van der Waals surface area contributed by atoms with Gasteiger partial charge in [-0.3, -0.25) is 19.3 Å². The second-order valence-corrected chi connectivity index (χ2v) is 12.3. The maximum atomic E-state index is 16.1. The van der Waals surface area contributed by atoms with Crippen molar-refractivity contribution in [3.05, 3.63) is 67.7 Å². The van der Waals surface area contributed by atoms with E-state index in [0.29, 0.717) is 47.4 Å². The first kappa shape index (κ1) is 32.1. The zero-order valence-corrected chi connectivity index (χ0v) is 26.8. The third-order valence-electron chi connectivity index (χ3n) is 8.34. The molecule has 0 spiro atoms. The number of benzene rings is 2. The molecule has 1 N–H and O–H groups in total. The minimum Gasteiger partial charge on any atom is -0.492 e. The Morgan fingerprint density at radius 3 is 2.43 bits per heavy atom. The molecule has 2 fully saturated rings. The second kappa shape index (κ2) is 13.3. The number of piperazine rings is 1. The molecule has 1 aliphatic carbocycles. The molecule has 2 aromatic carbocycles. The number of anilines is 1. The molecule has 2 atom stereocenters. The third kappa shape index (κ3) is 6.53. The van der Waals surface area contributed by atoms with Gasteiger partial charge in [0.25, 0.3) is 5.91 Å². The number of rotatable bonds is 10. The quantitative estimate of drug-likeness (QED) is 0.288. The number of hydrogen-bond acceptors (Lipinski definition) is 7. The molecular weight excluding hydrogens is 610 g/mol. The summed E-state index contributed by atoms with van der Waals surface area (Å²) in [6, 6.07) is 6.26. The lowest BCUT2D eigenvalue weighted by Gasteiger charge is -2.45. The number of pyridine rings is 1.